The van der Waals surface area contributed by atoms with Gasteiger partial charge in [0.2, 0.25) is 0 Å². The van der Waals surface area contributed by atoms with Crippen LogP contribution in [-0.2, 0) is 6.42 Å². The number of hydrogen-bond donors (Lipinski definition) is 0. The molecule has 1 aliphatic carbocycles. The third-order valence-electron chi connectivity index (χ3n) is 2.36. The molecule has 0 aliphatic heterocycles. The van der Waals surface area contributed by atoms with Gasteiger partial charge in [-0.25, -0.2) is 0 Å². The molecule has 0 bridgehead atoms. The maximum Gasteiger partial charge on any atom is 0.0131 e. The zero-order chi connectivity index (χ0) is 10.2. The first-order chi connectivity index (χ1) is 6.54. The SMILES string of the molecule is CC(C)(C)Cc1ccc(C2=C[CH]2)cc1. The summed E-state index contributed by atoms with van der Waals surface area (Å²) in [6, 6.07) is 8.92. The van der Waals surface area contributed by atoms with Crippen LogP contribution in [0, 0.1) is 11.8 Å². The van der Waals surface area contributed by atoms with E-state index in [9.17, 15) is 0 Å². The zero-order valence-corrected chi connectivity index (χ0v) is 9.17. The van der Waals surface area contributed by atoms with Gasteiger partial charge >= 0.3 is 0 Å². The van der Waals surface area contributed by atoms with E-state index >= 15 is 0 Å². The third-order valence-corrected chi connectivity index (χ3v) is 2.36. The summed E-state index contributed by atoms with van der Waals surface area (Å²) < 4.78 is 0. The number of allylic oxidation sites excluding steroid dienone is 2. The molecular formula is C14H17. The molecule has 0 atom stereocenters. The molecule has 1 aliphatic rings. The molecule has 1 aromatic carbocycles. The average molecular weight is 185 g/mol. The molecule has 0 nitrogen and oxygen atoms in total. The molecule has 0 spiro atoms. The zero-order valence-electron chi connectivity index (χ0n) is 9.17. The van der Waals surface area contributed by atoms with Gasteiger partial charge in [0.05, 0.1) is 0 Å². The van der Waals surface area contributed by atoms with E-state index in [1.807, 2.05) is 0 Å². The van der Waals surface area contributed by atoms with Gasteiger partial charge < -0.3 is 0 Å². The summed E-state index contributed by atoms with van der Waals surface area (Å²) in [4.78, 5) is 0. The Hall–Kier alpha value is -1.04. The fourth-order valence-corrected chi connectivity index (χ4v) is 1.66. The molecule has 0 fully saturated rings. The van der Waals surface area contributed by atoms with Crippen molar-refractivity contribution in [1.82, 2.24) is 0 Å². The predicted octanol–water partition coefficient (Wildman–Crippen LogP) is 3.88. The van der Waals surface area contributed by atoms with Crippen molar-refractivity contribution in [1.29, 1.82) is 0 Å². The fraction of sp³-hybridized carbons (Fsp3) is 0.357. The highest BCUT2D eigenvalue weighted by Crippen LogP contribution is 2.30. The van der Waals surface area contributed by atoms with E-state index in [0.717, 1.165) is 6.42 Å². The van der Waals surface area contributed by atoms with E-state index in [0.29, 0.717) is 5.41 Å². The van der Waals surface area contributed by atoms with E-state index < -0.39 is 0 Å². The van der Waals surface area contributed by atoms with Crippen LogP contribution in [-0.4, -0.2) is 0 Å². The van der Waals surface area contributed by atoms with Crippen LogP contribution in [0.3, 0.4) is 0 Å². The van der Waals surface area contributed by atoms with Gasteiger partial charge in [-0.1, -0.05) is 51.1 Å². The summed E-state index contributed by atoms with van der Waals surface area (Å²) >= 11 is 0. The third kappa shape index (κ3) is 2.47. The van der Waals surface area contributed by atoms with Gasteiger partial charge in [0.1, 0.15) is 0 Å². The Balaban J connectivity index is 2.10. The van der Waals surface area contributed by atoms with Crippen LogP contribution in [0.1, 0.15) is 31.9 Å². The molecule has 0 unspecified atom stereocenters. The van der Waals surface area contributed by atoms with Gasteiger partial charge in [-0.05, 0) is 28.5 Å². The highest BCUT2D eigenvalue weighted by Gasteiger charge is 2.13. The van der Waals surface area contributed by atoms with Gasteiger partial charge in [0, 0.05) is 6.42 Å². The maximum atomic E-state index is 2.28. The highest BCUT2D eigenvalue weighted by molar-refractivity contribution is 5.87. The molecule has 0 saturated heterocycles. The van der Waals surface area contributed by atoms with Gasteiger partial charge in [0.15, 0.2) is 0 Å². The first-order valence-corrected chi connectivity index (χ1v) is 5.19. The Kier molecular flexibility index (Phi) is 2.22. The second kappa shape index (κ2) is 3.27. The topological polar surface area (TPSA) is 0 Å². The summed E-state index contributed by atoms with van der Waals surface area (Å²) in [6.07, 6.45) is 5.45. The van der Waals surface area contributed by atoms with Crippen molar-refractivity contribution in [2.24, 2.45) is 5.41 Å². The van der Waals surface area contributed by atoms with E-state index in [2.05, 4.69) is 57.5 Å². The van der Waals surface area contributed by atoms with Crippen LogP contribution in [0.2, 0.25) is 0 Å². The van der Waals surface area contributed by atoms with Gasteiger partial charge in [0.25, 0.3) is 0 Å². The number of rotatable bonds is 2. The molecule has 73 valence electrons. The van der Waals surface area contributed by atoms with E-state index in [4.69, 9.17) is 0 Å². The summed E-state index contributed by atoms with van der Waals surface area (Å²) in [5, 5.41) is 0. The maximum absolute atomic E-state index is 2.28. The van der Waals surface area contributed by atoms with Crippen LogP contribution in [0.4, 0.5) is 0 Å². The van der Waals surface area contributed by atoms with Crippen LogP contribution in [0.15, 0.2) is 30.3 Å². The molecule has 0 heterocycles. The lowest BCUT2D eigenvalue weighted by Crippen LogP contribution is -2.08. The predicted molar refractivity (Wildman–Crippen MR) is 61.9 cm³/mol. The molecule has 1 radical (unpaired) electrons. The lowest BCUT2D eigenvalue weighted by Gasteiger charge is -2.18. The number of hydrogen-bond acceptors (Lipinski definition) is 0. The van der Waals surface area contributed by atoms with Crippen molar-refractivity contribution in [3.8, 4) is 0 Å². The first kappa shape index (κ1) is 9.51. The van der Waals surface area contributed by atoms with Gasteiger partial charge in [-0.2, -0.15) is 0 Å². The van der Waals surface area contributed by atoms with Crippen molar-refractivity contribution >= 4 is 5.57 Å². The lowest BCUT2D eigenvalue weighted by atomic mass is 9.88. The Labute approximate surface area is 86.7 Å². The van der Waals surface area contributed by atoms with Crippen molar-refractivity contribution in [2.75, 3.05) is 0 Å². The molecule has 1 aromatic rings. The molecular weight excluding hydrogens is 168 g/mol. The summed E-state index contributed by atoms with van der Waals surface area (Å²) in [5.74, 6) is 0. The quantitative estimate of drug-likeness (QED) is 0.656. The second-order valence-electron chi connectivity index (χ2n) is 5.22. The molecule has 0 saturated carbocycles. The van der Waals surface area contributed by atoms with Crippen molar-refractivity contribution in [3.63, 3.8) is 0 Å². The minimum Gasteiger partial charge on any atom is -0.0716 e. The molecule has 2 rings (SSSR count). The molecule has 0 aromatic heterocycles. The summed E-state index contributed by atoms with van der Waals surface area (Å²) in [7, 11) is 0. The Morgan fingerprint density at radius 2 is 1.57 bits per heavy atom. The Morgan fingerprint density at radius 3 is 2.00 bits per heavy atom. The minimum absolute atomic E-state index is 0.381. The van der Waals surface area contributed by atoms with Gasteiger partial charge in [-0.3, -0.25) is 0 Å². The summed E-state index contributed by atoms with van der Waals surface area (Å²) in [5.41, 5.74) is 4.55. The van der Waals surface area contributed by atoms with Crippen LogP contribution in [0.25, 0.3) is 5.57 Å². The minimum atomic E-state index is 0.381. The van der Waals surface area contributed by atoms with Crippen molar-refractivity contribution in [3.05, 3.63) is 47.9 Å². The first-order valence-electron chi connectivity index (χ1n) is 5.19. The van der Waals surface area contributed by atoms with E-state index in [1.165, 1.54) is 16.7 Å². The Morgan fingerprint density at radius 1 is 1.00 bits per heavy atom. The normalized spacial score (nSPS) is 15.2. The largest absolute Gasteiger partial charge is 0.0716 e. The Bertz CT molecular complexity index is 347. The molecule has 0 amide bonds. The number of benzene rings is 1. The molecule has 14 heavy (non-hydrogen) atoms. The smallest absolute Gasteiger partial charge is 0.0131 e. The van der Waals surface area contributed by atoms with Crippen molar-refractivity contribution < 1.29 is 0 Å². The molecule has 0 N–H and O–H groups in total. The van der Waals surface area contributed by atoms with Crippen LogP contribution >= 0.6 is 0 Å². The van der Waals surface area contributed by atoms with Crippen molar-refractivity contribution in [2.45, 2.75) is 27.2 Å². The monoisotopic (exact) mass is 185 g/mol. The second-order valence-corrected chi connectivity index (χ2v) is 5.22. The van der Waals surface area contributed by atoms with Crippen LogP contribution in [0.5, 0.6) is 0 Å². The molecule has 0 heteroatoms. The van der Waals surface area contributed by atoms with Gasteiger partial charge in [-0.15, -0.1) is 0 Å². The van der Waals surface area contributed by atoms with E-state index in [1.54, 1.807) is 0 Å². The fourth-order valence-electron chi connectivity index (χ4n) is 1.66. The van der Waals surface area contributed by atoms with Crippen LogP contribution < -0.4 is 0 Å². The lowest BCUT2D eigenvalue weighted by molar-refractivity contribution is 0.411. The summed E-state index contributed by atoms with van der Waals surface area (Å²) in [6.45, 7) is 6.83. The average Bonchev–Trinajstić information content (AvgIpc) is 2.85. The van der Waals surface area contributed by atoms with E-state index in [-0.39, 0.29) is 0 Å². The standard InChI is InChI=1S/C14H17/c1-14(2,3)10-11-4-6-12(7-5-11)13-8-9-13/h4-9H,10H2,1-3H3. The highest BCUT2D eigenvalue weighted by atomic mass is 14.2.